The lowest BCUT2D eigenvalue weighted by Crippen LogP contribution is -1.99. The van der Waals surface area contributed by atoms with Crippen LogP contribution in [0.3, 0.4) is 0 Å². The van der Waals surface area contributed by atoms with Crippen LogP contribution in [-0.4, -0.2) is 9.97 Å². The molecule has 0 aliphatic heterocycles. The molecule has 0 N–H and O–H groups in total. The van der Waals surface area contributed by atoms with Gasteiger partial charge < -0.3 is 4.42 Å². The van der Waals surface area contributed by atoms with E-state index < -0.39 is 0 Å². The van der Waals surface area contributed by atoms with Crippen LogP contribution in [0.2, 0.25) is 0 Å². The van der Waals surface area contributed by atoms with E-state index in [0.717, 1.165) is 45.3 Å². The highest BCUT2D eigenvalue weighted by molar-refractivity contribution is 6.10. The van der Waals surface area contributed by atoms with E-state index in [9.17, 15) is 0 Å². The smallest absolute Gasteiger partial charge is 0.148 e. The fraction of sp³-hybridized carbons (Fsp3) is 0.267. The van der Waals surface area contributed by atoms with Crippen molar-refractivity contribution in [2.24, 2.45) is 5.92 Å². The van der Waals surface area contributed by atoms with Crippen molar-refractivity contribution in [2.45, 2.75) is 47.0 Å². The van der Waals surface area contributed by atoms with E-state index in [1.807, 2.05) is 19.3 Å². The second-order valence-electron chi connectivity index (χ2n) is 9.55. The monoisotopic (exact) mass is 434 g/mol. The molecular formula is C30H30N2O. The second kappa shape index (κ2) is 8.47. The van der Waals surface area contributed by atoms with Crippen molar-refractivity contribution in [3.63, 3.8) is 0 Å². The van der Waals surface area contributed by atoms with E-state index in [1.165, 1.54) is 22.3 Å². The zero-order chi connectivity index (χ0) is 23.1. The lowest BCUT2D eigenvalue weighted by atomic mass is 9.92. The average molecular weight is 435 g/mol. The number of hydrogen-bond acceptors (Lipinski definition) is 3. The molecule has 33 heavy (non-hydrogen) atoms. The van der Waals surface area contributed by atoms with E-state index >= 15 is 0 Å². The van der Waals surface area contributed by atoms with Gasteiger partial charge in [0.05, 0.1) is 16.6 Å². The SMILES string of the molecule is Cc1cnc(-c2cnc(C)c3c2oc2cc(C(C)c4ccccc4)ccc23)cc1CC(C)C. The molecule has 2 aromatic carbocycles. The molecule has 0 aliphatic carbocycles. The molecule has 0 amide bonds. The summed E-state index contributed by atoms with van der Waals surface area (Å²) in [6, 6.07) is 19.4. The van der Waals surface area contributed by atoms with Gasteiger partial charge in [-0.3, -0.25) is 9.97 Å². The predicted molar refractivity (Wildman–Crippen MR) is 137 cm³/mol. The quantitative estimate of drug-likeness (QED) is 0.281. The molecule has 0 aliphatic rings. The minimum atomic E-state index is 0.292. The summed E-state index contributed by atoms with van der Waals surface area (Å²) in [6.07, 6.45) is 4.91. The molecule has 3 heteroatoms. The predicted octanol–water partition coefficient (Wildman–Crippen LogP) is 8.01. The molecule has 166 valence electrons. The van der Waals surface area contributed by atoms with Crippen molar-refractivity contribution in [3.05, 3.63) is 94.9 Å². The number of aryl methyl sites for hydroxylation is 2. The molecule has 0 saturated carbocycles. The minimum Gasteiger partial charge on any atom is -0.455 e. The Morgan fingerprint density at radius 1 is 0.848 bits per heavy atom. The van der Waals surface area contributed by atoms with Crippen LogP contribution in [-0.2, 0) is 6.42 Å². The number of aromatic nitrogens is 2. The van der Waals surface area contributed by atoms with E-state index in [0.29, 0.717) is 11.8 Å². The van der Waals surface area contributed by atoms with Crippen molar-refractivity contribution >= 4 is 21.9 Å². The molecule has 0 saturated heterocycles. The number of pyridine rings is 2. The maximum atomic E-state index is 6.52. The number of nitrogens with zero attached hydrogens (tertiary/aromatic N) is 2. The molecule has 3 heterocycles. The number of benzene rings is 2. The number of hydrogen-bond donors (Lipinski definition) is 0. The zero-order valence-electron chi connectivity index (χ0n) is 20.0. The fourth-order valence-corrected chi connectivity index (χ4v) is 4.71. The van der Waals surface area contributed by atoms with Crippen molar-refractivity contribution < 1.29 is 4.42 Å². The Bertz CT molecular complexity index is 1450. The van der Waals surface area contributed by atoms with Gasteiger partial charge in [-0.05, 0) is 60.6 Å². The van der Waals surface area contributed by atoms with Crippen LogP contribution >= 0.6 is 0 Å². The highest BCUT2D eigenvalue weighted by atomic mass is 16.3. The van der Waals surface area contributed by atoms with E-state index in [2.05, 4.69) is 82.3 Å². The van der Waals surface area contributed by atoms with Crippen molar-refractivity contribution in [1.29, 1.82) is 0 Å². The van der Waals surface area contributed by atoms with Gasteiger partial charge in [-0.15, -0.1) is 0 Å². The summed E-state index contributed by atoms with van der Waals surface area (Å²) in [7, 11) is 0. The Hall–Kier alpha value is -3.46. The van der Waals surface area contributed by atoms with E-state index in [-0.39, 0.29) is 0 Å². The molecule has 5 rings (SSSR count). The second-order valence-corrected chi connectivity index (χ2v) is 9.55. The van der Waals surface area contributed by atoms with Gasteiger partial charge >= 0.3 is 0 Å². The molecule has 1 unspecified atom stereocenters. The molecule has 5 aromatic rings. The Balaban J connectivity index is 1.66. The van der Waals surface area contributed by atoms with E-state index in [1.54, 1.807) is 0 Å². The molecule has 0 fully saturated rings. The summed E-state index contributed by atoms with van der Waals surface area (Å²) in [6.45, 7) is 10.9. The molecule has 1 atom stereocenters. The topological polar surface area (TPSA) is 38.9 Å². The van der Waals surface area contributed by atoms with Crippen LogP contribution in [0.5, 0.6) is 0 Å². The maximum Gasteiger partial charge on any atom is 0.148 e. The first-order chi connectivity index (χ1) is 15.9. The highest BCUT2D eigenvalue weighted by Crippen LogP contribution is 2.38. The fourth-order valence-electron chi connectivity index (χ4n) is 4.71. The summed E-state index contributed by atoms with van der Waals surface area (Å²) >= 11 is 0. The van der Waals surface area contributed by atoms with Gasteiger partial charge in [0.25, 0.3) is 0 Å². The number of furan rings is 1. The maximum absolute atomic E-state index is 6.52. The summed E-state index contributed by atoms with van der Waals surface area (Å²) in [5, 5.41) is 2.18. The van der Waals surface area contributed by atoms with Crippen LogP contribution < -0.4 is 0 Å². The van der Waals surface area contributed by atoms with Crippen LogP contribution in [0.25, 0.3) is 33.2 Å². The zero-order valence-corrected chi connectivity index (χ0v) is 20.0. The molecule has 3 nitrogen and oxygen atoms in total. The third kappa shape index (κ3) is 3.93. The first-order valence-electron chi connectivity index (χ1n) is 11.7. The number of rotatable bonds is 5. The lowest BCUT2D eigenvalue weighted by Gasteiger charge is -2.12. The van der Waals surface area contributed by atoms with Gasteiger partial charge in [-0.2, -0.15) is 0 Å². The molecule has 0 spiro atoms. The van der Waals surface area contributed by atoms with Crippen LogP contribution in [0.15, 0.2) is 71.4 Å². The van der Waals surface area contributed by atoms with E-state index in [4.69, 9.17) is 14.4 Å². The Morgan fingerprint density at radius 3 is 2.39 bits per heavy atom. The van der Waals surface area contributed by atoms with Crippen molar-refractivity contribution in [3.8, 4) is 11.3 Å². The highest BCUT2D eigenvalue weighted by Gasteiger charge is 2.18. The lowest BCUT2D eigenvalue weighted by molar-refractivity contribution is 0.644. The van der Waals surface area contributed by atoms with Crippen molar-refractivity contribution in [1.82, 2.24) is 9.97 Å². The first kappa shape index (κ1) is 21.4. The van der Waals surface area contributed by atoms with Gasteiger partial charge in [-0.1, -0.05) is 63.2 Å². The number of fused-ring (bicyclic) bond motifs is 3. The summed E-state index contributed by atoms with van der Waals surface area (Å²) < 4.78 is 6.52. The summed E-state index contributed by atoms with van der Waals surface area (Å²) in [5.74, 6) is 0.881. The normalized spacial score (nSPS) is 12.7. The van der Waals surface area contributed by atoms with Gasteiger partial charge in [-0.25, -0.2) is 0 Å². The summed E-state index contributed by atoms with van der Waals surface area (Å²) in [4.78, 5) is 9.48. The third-order valence-corrected chi connectivity index (χ3v) is 6.63. The van der Waals surface area contributed by atoms with Gasteiger partial charge in [0.1, 0.15) is 11.2 Å². The van der Waals surface area contributed by atoms with Gasteiger partial charge in [0.15, 0.2) is 0 Å². The molecule has 0 bridgehead atoms. The Kier molecular flexibility index (Phi) is 5.49. The molecular weight excluding hydrogens is 404 g/mol. The first-order valence-corrected chi connectivity index (χ1v) is 11.7. The van der Waals surface area contributed by atoms with Gasteiger partial charge in [0, 0.05) is 29.4 Å². The molecule has 3 aromatic heterocycles. The van der Waals surface area contributed by atoms with Gasteiger partial charge in [0.2, 0.25) is 0 Å². The standard InChI is InChI=1S/C30H30N2O/c1-18(2)13-24-14-27(32-16-19(24)3)26-17-31-21(5)29-25-12-11-23(15-28(25)33-30(26)29)20(4)22-9-7-6-8-10-22/h6-12,14-18,20H,13H2,1-5H3. The van der Waals surface area contributed by atoms with Crippen molar-refractivity contribution in [2.75, 3.05) is 0 Å². The van der Waals surface area contributed by atoms with Crippen LogP contribution in [0.4, 0.5) is 0 Å². The van der Waals surface area contributed by atoms with Crippen LogP contribution in [0.1, 0.15) is 54.6 Å². The third-order valence-electron chi connectivity index (χ3n) is 6.63. The molecule has 0 radical (unpaired) electrons. The Morgan fingerprint density at radius 2 is 1.64 bits per heavy atom. The Labute approximate surface area is 195 Å². The summed E-state index contributed by atoms with van der Waals surface area (Å²) in [5.41, 5.74) is 9.73. The average Bonchev–Trinajstić information content (AvgIpc) is 3.20. The minimum absolute atomic E-state index is 0.292. The largest absolute Gasteiger partial charge is 0.455 e. The van der Waals surface area contributed by atoms with Crippen LogP contribution in [0, 0.1) is 19.8 Å².